The summed E-state index contributed by atoms with van der Waals surface area (Å²) in [5.74, 6) is -0.130. The third-order valence-corrected chi connectivity index (χ3v) is 7.17. The molecular formula is C15H18F3NO2S. The predicted molar refractivity (Wildman–Crippen MR) is 77.0 cm³/mol. The zero-order valence-electron chi connectivity index (χ0n) is 12.0. The number of likely N-dealkylation sites (tertiary alicyclic amines) is 1. The van der Waals surface area contributed by atoms with Crippen LogP contribution in [-0.4, -0.2) is 43.6 Å². The summed E-state index contributed by atoms with van der Waals surface area (Å²) in [4.78, 5) is 1.64. The lowest BCUT2D eigenvalue weighted by Gasteiger charge is -2.39. The number of fused-ring (bicyclic) bond motifs is 1. The van der Waals surface area contributed by atoms with Crippen LogP contribution in [0, 0.1) is 5.41 Å². The lowest BCUT2D eigenvalue weighted by atomic mass is 9.81. The second kappa shape index (κ2) is 5.23. The van der Waals surface area contributed by atoms with Crippen LogP contribution < -0.4 is 0 Å². The van der Waals surface area contributed by atoms with E-state index in [1.165, 1.54) is 0 Å². The first-order valence-electron chi connectivity index (χ1n) is 7.29. The molecule has 2 atom stereocenters. The third-order valence-electron chi connectivity index (χ3n) is 4.84. The Balaban J connectivity index is 1.91. The molecule has 2 aliphatic heterocycles. The molecule has 22 heavy (non-hydrogen) atoms. The number of nitrogens with zero attached hydrogens (tertiary/aromatic N) is 1. The van der Waals surface area contributed by atoms with Crippen molar-refractivity contribution >= 4 is 9.84 Å². The largest absolute Gasteiger partial charge is 0.397 e. The van der Waals surface area contributed by atoms with E-state index in [0.717, 1.165) is 5.56 Å². The van der Waals surface area contributed by atoms with Crippen LogP contribution in [0.3, 0.4) is 0 Å². The fourth-order valence-corrected chi connectivity index (χ4v) is 6.06. The molecule has 1 aromatic carbocycles. The molecule has 7 heteroatoms. The number of halogens is 3. The van der Waals surface area contributed by atoms with Crippen molar-refractivity contribution in [3.8, 4) is 0 Å². The molecule has 122 valence electrons. The third kappa shape index (κ3) is 2.54. The van der Waals surface area contributed by atoms with Crippen LogP contribution in [0.15, 0.2) is 30.3 Å². The highest BCUT2D eigenvalue weighted by atomic mass is 32.2. The average Bonchev–Trinajstić information content (AvgIpc) is 2.80. The Labute approximate surface area is 128 Å². The standard InChI is InChI=1S/C15H18F3NO2S/c16-15(17,18)14-7-4-8-22(20,21)13(14)10-19(11-14)9-12-5-2-1-3-6-12/h1-3,5-6,13H,4,7-11H2/t13-,14+/m1/s1. The first-order valence-corrected chi connectivity index (χ1v) is 9.01. The molecule has 1 aromatic rings. The van der Waals surface area contributed by atoms with Crippen molar-refractivity contribution in [3.05, 3.63) is 35.9 Å². The number of alkyl halides is 3. The summed E-state index contributed by atoms with van der Waals surface area (Å²) in [6.45, 7) is 0.0940. The number of rotatable bonds is 2. The normalized spacial score (nSPS) is 31.9. The van der Waals surface area contributed by atoms with E-state index < -0.39 is 26.7 Å². The van der Waals surface area contributed by atoms with Crippen LogP contribution in [0.5, 0.6) is 0 Å². The minimum atomic E-state index is -4.49. The first-order chi connectivity index (χ1) is 10.2. The predicted octanol–water partition coefficient (Wildman–Crippen LogP) is 2.63. The first kappa shape index (κ1) is 15.8. The van der Waals surface area contributed by atoms with Crippen molar-refractivity contribution in [2.24, 2.45) is 5.41 Å². The molecule has 3 rings (SSSR count). The number of hydrogen-bond acceptors (Lipinski definition) is 3. The van der Waals surface area contributed by atoms with E-state index in [1.54, 1.807) is 4.90 Å². The van der Waals surface area contributed by atoms with Crippen molar-refractivity contribution in [2.75, 3.05) is 18.8 Å². The molecule has 0 N–H and O–H groups in total. The minimum absolute atomic E-state index is 0.0310. The quantitative estimate of drug-likeness (QED) is 0.835. The lowest BCUT2D eigenvalue weighted by Crippen LogP contribution is -2.53. The average molecular weight is 333 g/mol. The molecule has 0 spiro atoms. The fourth-order valence-electron chi connectivity index (χ4n) is 3.78. The van der Waals surface area contributed by atoms with Crippen molar-refractivity contribution in [2.45, 2.75) is 30.8 Å². The molecule has 0 saturated carbocycles. The molecule has 3 nitrogen and oxygen atoms in total. The van der Waals surface area contributed by atoms with Crippen LogP contribution in [-0.2, 0) is 16.4 Å². The van der Waals surface area contributed by atoms with Crippen molar-refractivity contribution in [1.29, 1.82) is 0 Å². The van der Waals surface area contributed by atoms with Gasteiger partial charge in [0.05, 0.1) is 16.4 Å². The maximum Gasteiger partial charge on any atom is 0.397 e. The molecule has 0 amide bonds. The van der Waals surface area contributed by atoms with Gasteiger partial charge in [-0.15, -0.1) is 0 Å². The van der Waals surface area contributed by atoms with Crippen molar-refractivity contribution in [1.82, 2.24) is 4.90 Å². The SMILES string of the molecule is O=S1(=O)CCC[C@]2(C(F)(F)F)CN(Cc3ccccc3)C[C@H]21. The molecular weight excluding hydrogens is 315 g/mol. The Hall–Kier alpha value is -1.08. The summed E-state index contributed by atoms with van der Waals surface area (Å²) in [7, 11) is -3.69. The van der Waals surface area contributed by atoms with E-state index in [9.17, 15) is 21.6 Å². The molecule has 0 radical (unpaired) electrons. The molecule has 0 unspecified atom stereocenters. The van der Waals surface area contributed by atoms with E-state index in [-0.39, 0.29) is 31.7 Å². The second-order valence-electron chi connectivity index (χ2n) is 6.27. The topological polar surface area (TPSA) is 37.4 Å². The van der Waals surface area contributed by atoms with Gasteiger partial charge in [-0.2, -0.15) is 13.2 Å². The highest BCUT2D eigenvalue weighted by Gasteiger charge is 2.67. The Morgan fingerprint density at radius 1 is 1.23 bits per heavy atom. The Morgan fingerprint density at radius 3 is 2.50 bits per heavy atom. The van der Waals surface area contributed by atoms with Crippen LogP contribution in [0.2, 0.25) is 0 Å². The molecule has 0 bridgehead atoms. The van der Waals surface area contributed by atoms with Gasteiger partial charge in [0, 0.05) is 19.6 Å². The van der Waals surface area contributed by atoms with Gasteiger partial charge in [-0.3, -0.25) is 4.90 Å². The maximum atomic E-state index is 13.7. The van der Waals surface area contributed by atoms with E-state index >= 15 is 0 Å². The Morgan fingerprint density at radius 2 is 1.91 bits per heavy atom. The zero-order valence-corrected chi connectivity index (χ0v) is 12.8. The number of hydrogen-bond donors (Lipinski definition) is 0. The van der Waals surface area contributed by atoms with Gasteiger partial charge in [-0.05, 0) is 18.4 Å². The van der Waals surface area contributed by atoms with Crippen LogP contribution >= 0.6 is 0 Å². The summed E-state index contributed by atoms with van der Waals surface area (Å²) in [6, 6.07) is 9.19. The van der Waals surface area contributed by atoms with Gasteiger partial charge in [-0.1, -0.05) is 30.3 Å². The summed E-state index contributed by atoms with van der Waals surface area (Å²) in [5.41, 5.74) is -1.20. The summed E-state index contributed by atoms with van der Waals surface area (Å²) >= 11 is 0. The zero-order chi connectivity index (χ0) is 16.0. The monoisotopic (exact) mass is 333 g/mol. The lowest BCUT2D eigenvalue weighted by molar-refractivity contribution is -0.221. The van der Waals surface area contributed by atoms with Gasteiger partial charge in [0.2, 0.25) is 0 Å². The number of benzene rings is 1. The maximum absolute atomic E-state index is 13.7. The molecule has 0 aliphatic carbocycles. The molecule has 0 aromatic heterocycles. The van der Waals surface area contributed by atoms with E-state index in [1.807, 2.05) is 30.3 Å². The van der Waals surface area contributed by atoms with Crippen molar-refractivity contribution in [3.63, 3.8) is 0 Å². The summed E-state index contributed by atoms with van der Waals surface area (Å²) < 4.78 is 65.3. The molecule has 2 saturated heterocycles. The second-order valence-corrected chi connectivity index (χ2v) is 8.57. The van der Waals surface area contributed by atoms with E-state index in [4.69, 9.17) is 0 Å². The van der Waals surface area contributed by atoms with Gasteiger partial charge in [-0.25, -0.2) is 8.42 Å². The molecule has 2 aliphatic rings. The van der Waals surface area contributed by atoms with Crippen LogP contribution in [0.4, 0.5) is 13.2 Å². The highest BCUT2D eigenvalue weighted by Crippen LogP contribution is 2.53. The van der Waals surface area contributed by atoms with E-state index in [2.05, 4.69) is 0 Å². The molecule has 2 fully saturated rings. The Bertz CT molecular complexity index is 645. The number of sulfone groups is 1. The van der Waals surface area contributed by atoms with Crippen LogP contribution in [0.1, 0.15) is 18.4 Å². The van der Waals surface area contributed by atoms with E-state index in [0.29, 0.717) is 6.54 Å². The highest BCUT2D eigenvalue weighted by molar-refractivity contribution is 7.92. The summed E-state index contributed by atoms with van der Waals surface area (Å²) in [6.07, 6.45) is -4.49. The van der Waals surface area contributed by atoms with Crippen LogP contribution in [0.25, 0.3) is 0 Å². The molecule has 2 heterocycles. The Kier molecular flexibility index (Phi) is 3.76. The summed E-state index contributed by atoms with van der Waals surface area (Å²) in [5, 5.41) is -1.32. The fraction of sp³-hybridized carbons (Fsp3) is 0.600. The minimum Gasteiger partial charge on any atom is -0.297 e. The smallest absolute Gasteiger partial charge is 0.297 e. The van der Waals surface area contributed by atoms with Gasteiger partial charge < -0.3 is 0 Å². The van der Waals surface area contributed by atoms with Crippen molar-refractivity contribution < 1.29 is 21.6 Å². The van der Waals surface area contributed by atoms with Gasteiger partial charge in [0.1, 0.15) is 0 Å². The van der Waals surface area contributed by atoms with Gasteiger partial charge in [0.15, 0.2) is 9.84 Å². The van der Waals surface area contributed by atoms with Gasteiger partial charge >= 0.3 is 6.18 Å². The van der Waals surface area contributed by atoms with Gasteiger partial charge in [0.25, 0.3) is 0 Å².